The van der Waals surface area contributed by atoms with Crippen LogP contribution in [0.1, 0.15) is 12.0 Å². The largest absolute Gasteiger partial charge is 0.494 e. The van der Waals surface area contributed by atoms with Gasteiger partial charge in [-0.1, -0.05) is 23.8 Å². The van der Waals surface area contributed by atoms with Crippen LogP contribution in [0.25, 0.3) is 0 Å². The van der Waals surface area contributed by atoms with Gasteiger partial charge in [0.1, 0.15) is 23.1 Å². The minimum absolute atomic E-state index is 0.327. The SMILES string of the molecule is Cc1ccc(OCCCNC(=O)Nc2c(F)cccc2F)cc1. The van der Waals surface area contributed by atoms with Gasteiger partial charge in [0.25, 0.3) is 0 Å². The van der Waals surface area contributed by atoms with Crippen LogP contribution in [-0.4, -0.2) is 19.2 Å². The highest BCUT2D eigenvalue weighted by Crippen LogP contribution is 2.17. The van der Waals surface area contributed by atoms with Crippen LogP contribution < -0.4 is 15.4 Å². The summed E-state index contributed by atoms with van der Waals surface area (Å²) in [6.07, 6.45) is 0.570. The summed E-state index contributed by atoms with van der Waals surface area (Å²) in [5.74, 6) is -0.876. The molecule has 0 saturated carbocycles. The minimum atomic E-state index is -0.817. The Morgan fingerprint density at radius 3 is 2.39 bits per heavy atom. The van der Waals surface area contributed by atoms with E-state index in [0.717, 1.165) is 23.4 Å². The smallest absolute Gasteiger partial charge is 0.319 e. The number of urea groups is 1. The van der Waals surface area contributed by atoms with Crippen molar-refractivity contribution in [3.63, 3.8) is 0 Å². The molecule has 2 aromatic rings. The molecule has 0 aliphatic rings. The molecule has 122 valence electrons. The second-order valence-electron chi connectivity index (χ2n) is 4.99. The molecule has 0 unspecified atom stereocenters. The highest BCUT2D eigenvalue weighted by atomic mass is 19.1. The molecular weight excluding hydrogens is 302 g/mol. The van der Waals surface area contributed by atoms with E-state index >= 15 is 0 Å². The second-order valence-corrected chi connectivity index (χ2v) is 4.99. The van der Waals surface area contributed by atoms with E-state index in [0.29, 0.717) is 19.6 Å². The first-order valence-electron chi connectivity index (χ1n) is 7.24. The zero-order valence-corrected chi connectivity index (χ0v) is 12.7. The van der Waals surface area contributed by atoms with Gasteiger partial charge in [0, 0.05) is 6.54 Å². The number of aryl methyl sites for hydroxylation is 1. The summed E-state index contributed by atoms with van der Waals surface area (Å²) in [5.41, 5.74) is 0.692. The third kappa shape index (κ3) is 5.25. The van der Waals surface area contributed by atoms with Crippen LogP contribution in [0.5, 0.6) is 5.75 Å². The van der Waals surface area contributed by atoms with E-state index < -0.39 is 23.4 Å². The lowest BCUT2D eigenvalue weighted by atomic mass is 10.2. The Hall–Kier alpha value is -2.63. The molecule has 2 aromatic carbocycles. The molecule has 0 aromatic heterocycles. The Balaban J connectivity index is 1.68. The van der Waals surface area contributed by atoms with E-state index in [1.807, 2.05) is 31.2 Å². The van der Waals surface area contributed by atoms with Gasteiger partial charge in [0.05, 0.1) is 6.61 Å². The van der Waals surface area contributed by atoms with Crippen molar-refractivity contribution in [2.45, 2.75) is 13.3 Å². The van der Waals surface area contributed by atoms with E-state index in [2.05, 4.69) is 10.6 Å². The van der Waals surface area contributed by atoms with Crippen LogP contribution in [0, 0.1) is 18.6 Å². The number of para-hydroxylation sites is 1. The Morgan fingerprint density at radius 2 is 1.74 bits per heavy atom. The van der Waals surface area contributed by atoms with Gasteiger partial charge in [-0.25, -0.2) is 13.6 Å². The number of amides is 2. The number of halogens is 2. The Morgan fingerprint density at radius 1 is 1.09 bits per heavy atom. The fourth-order valence-electron chi connectivity index (χ4n) is 1.87. The number of nitrogens with one attached hydrogen (secondary N) is 2. The normalized spacial score (nSPS) is 10.2. The molecule has 0 heterocycles. The maximum Gasteiger partial charge on any atom is 0.319 e. The summed E-state index contributed by atoms with van der Waals surface area (Å²) in [4.78, 5) is 11.6. The zero-order chi connectivity index (χ0) is 16.7. The molecule has 0 atom stereocenters. The van der Waals surface area contributed by atoms with E-state index in [1.165, 1.54) is 6.07 Å². The van der Waals surface area contributed by atoms with Crippen molar-refractivity contribution in [3.8, 4) is 5.75 Å². The van der Waals surface area contributed by atoms with E-state index in [4.69, 9.17) is 4.74 Å². The Kier molecular flexibility index (Phi) is 5.91. The monoisotopic (exact) mass is 320 g/mol. The van der Waals surface area contributed by atoms with Crippen LogP contribution in [0.4, 0.5) is 19.3 Å². The third-order valence-corrected chi connectivity index (χ3v) is 3.10. The topological polar surface area (TPSA) is 50.4 Å². The van der Waals surface area contributed by atoms with Crippen LogP contribution in [0.2, 0.25) is 0 Å². The second kappa shape index (κ2) is 8.12. The van der Waals surface area contributed by atoms with E-state index in [-0.39, 0.29) is 0 Å². The number of hydrogen-bond donors (Lipinski definition) is 2. The summed E-state index contributed by atoms with van der Waals surface area (Å²) in [7, 11) is 0. The maximum absolute atomic E-state index is 13.4. The lowest BCUT2D eigenvalue weighted by Gasteiger charge is -2.10. The zero-order valence-electron chi connectivity index (χ0n) is 12.7. The summed E-state index contributed by atoms with van der Waals surface area (Å²) >= 11 is 0. The molecule has 0 aliphatic carbocycles. The van der Waals surface area contributed by atoms with Gasteiger partial charge >= 0.3 is 6.03 Å². The standard InChI is InChI=1S/C17H18F2N2O2/c1-12-6-8-13(9-7-12)23-11-3-10-20-17(22)21-16-14(18)4-2-5-15(16)19/h2,4-9H,3,10-11H2,1H3,(H2,20,21,22). The van der Waals surface area contributed by atoms with Gasteiger partial charge in [-0.2, -0.15) is 0 Å². The average molecular weight is 320 g/mol. The lowest BCUT2D eigenvalue weighted by Crippen LogP contribution is -2.31. The molecule has 2 N–H and O–H groups in total. The number of rotatable bonds is 6. The number of carbonyl (C=O) groups excluding carboxylic acids is 1. The fourth-order valence-corrected chi connectivity index (χ4v) is 1.87. The minimum Gasteiger partial charge on any atom is -0.494 e. The van der Waals surface area contributed by atoms with E-state index in [9.17, 15) is 13.6 Å². The molecular formula is C17H18F2N2O2. The molecule has 0 fully saturated rings. The molecule has 0 spiro atoms. The predicted molar refractivity (Wildman–Crippen MR) is 84.7 cm³/mol. The number of anilines is 1. The van der Waals surface area contributed by atoms with E-state index in [1.54, 1.807) is 0 Å². The first kappa shape index (κ1) is 16.7. The van der Waals surface area contributed by atoms with Crippen molar-refractivity contribution in [3.05, 3.63) is 59.7 Å². The summed E-state index contributed by atoms with van der Waals surface area (Å²) in [6.45, 7) is 2.75. The van der Waals surface area contributed by atoms with Crippen molar-refractivity contribution in [2.24, 2.45) is 0 Å². The molecule has 0 saturated heterocycles. The quantitative estimate of drug-likeness (QED) is 0.794. The molecule has 0 aliphatic heterocycles. The van der Waals surface area contributed by atoms with Crippen molar-refractivity contribution in [1.82, 2.24) is 5.32 Å². The van der Waals surface area contributed by atoms with Crippen molar-refractivity contribution in [2.75, 3.05) is 18.5 Å². The van der Waals surface area contributed by atoms with Crippen molar-refractivity contribution >= 4 is 11.7 Å². The van der Waals surface area contributed by atoms with Gasteiger partial charge < -0.3 is 15.4 Å². The Labute approximate surface area is 133 Å². The fraction of sp³-hybridized carbons (Fsp3) is 0.235. The summed E-state index contributed by atoms with van der Waals surface area (Å²) in [6, 6.07) is 10.4. The molecule has 2 rings (SSSR count). The van der Waals surface area contributed by atoms with Crippen molar-refractivity contribution in [1.29, 1.82) is 0 Å². The number of hydrogen-bond acceptors (Lipinski definition) is 2. The summed E-state index contributed by atoms with van der Waals surface area (Å²) < 4.78 is 32.2. The van der Waals surface area contributed by atoms with Crippen molar-refractivity contribution < 1.29 is 18.3 Å². The molecule has 0 radical (unpaired) electrons. The van der Waals surface area contributed by atoms with Gasteiger partial charge in [-0.05, 0) is 37.6 Å². The molecule has 6 heteroatoms. The molecule has 0 bridgehead atoms. The van der Waals surface area contributed by atoms with Gasteiger partial charge in [0.2, 0.25) is 0 Å². The molecule has 4 nitrogen and oxygen atoms in total. The number of ether oxygens (including phenoxy) is 1. The highest BCUT2D eigenvalue weighted by molar-refractivity contribution is 5.89. The number of benzene rings is 2. The molecule has 23 heavy (non-hydrogen) atoms. The maximum atomic E-state index is 13.4. The third-order valence-electron chi connectivity index (χ3n) is 3.10. The Bertz CT molecular complexity index is 640. The highest BCUT2D eigenvalue weighted by Gasteiger charge is 2.11. The van der Waals surface area contributed by atoms with Crippen LogP contribution in [0.3, 0.4) is 0 Å². The van der Waals surface area contributed by atoms with Crippen LogP contribution >= 0.6 is 0 Å². The number of carbonyl (C=O) groups is 1. The van der Waals surface area contributed by atoms with Gasteiger partial charge in [-0.15, -0.1) is 0 Å². The van der Waals surface area contributed by atoms with Gasteiger partial charge in [-0.3, -0.25) is 0 Å². The van der Waals surface area contributed by atoms with Crippen LogP contribution in [0.15, 0.2) is 42.5 Å². The lowest BCUT2D eigenvalue weighted by molar-refractivity contribution is 0.250. The van der Waals surface area contributed by atoms with Gasteiger partial charge in [0.15, 0.2) is 0 Å². The first-order valence-corrected chi connectivity index (χ1v) is 7.24. The summed E-state index contributed by atoms with van der Waals surface area (Å²) in [5, 5.41) is 4.67. The average Bonchev–Trinajstić information content (AvgIpc) is 2.52. The molecule has 2 amide bonds. The van der Waals surface area contributed by atoms with Crippen LogP contribution in [-0.2, 0) is 0 Å². The first-order chi connectivity index (χ1) is 11.1. The predicted octanol–water partition coefficient (Wildman–Crippen LogP) is 3.86.